The molecule has 3 rings (SSSR count). The number of fused-ring (bicyclic) bond motifs is 1. The van der Waals surface area contributed by atoms with Crippen LogP contribution in [0.15, 0.2) is 0 Å². The van der Waals surface area contributed by atoms with Gasteiger partial charge in [-0.15, -0.1) is 0 Å². The highest BCUT2D eigenvalue weighted by Crippen LogP contribution is 2.44. The lowest BCUT2D eigenvalue weighted by Gasteiger charge is -2.39. The molecule has 3 N–H and O–H groups in total. The van der Waals surface area contributed by atoms with Gasteiger partial charge in [-0.05, 0) is 58.4 Å². The molecule has 2 amide bonds. The predicted molar refractivity (Wildman–Crippen MR) is 94.4 cm³/mol. The van der Waals surface area contributed by atoms with Crippen molar-refractivity contribution in [2.75, 3.05) is 13.1 Å². The monoisotopic (exact) mass is 335 g/mol. The van der Waals surface area contributed by atoms with Crippen molar-refractivity contribution in [3.63, 3.8) is 0 Å². The smallest absolute Gasteiger partial charge is 0.228 e. The third-order valence-electron chi connectivity index (χ3n) is 6.30. The Morgan fingerprint density at radius 2 is 1.96 bits per heavy atom. The van der Waals surface area contributed by atoms with Crippen LogP contribution >= 0.6 is 0 Å². The Bertz CT molecular complexity index is 479. The van der Waals surface area contributed by atoms with Crippen LogP contribution in [0.2, 0.25) is 0 Å². The Balaban J connectivity index is 1.59. The van der Waals surface area contributed by atoms with E-state index in [1.807, 2.05) is 13.8 Å². The summed E-state index contributed by atoms with van der Waals surface area (Å²) >= 11 is 0. The minimum atomic E-state index is -0.189. The fraction of sp³-hybridized carbons (Fsp3) is 0.895. The van der Waals surface area contributed by atoms with Gasteiger partial charge in [0.05, 0.1) is 5.41 Å². The van der Waals surface area contributed by atoms with Gasteiger partial charge in [0, 0.05) is 24.5 Å². The molecule has 2 aliphatic carbocycles. The van der Waals surface area contributed by atoms with E-state index in [-0.39, 0.29) is 35.2 Å². The van der Waals surface area contributed by atoms with Crippen LogP contribution in [0.25, 0.3) is 0 Å². The normalized spacial score (nSPS) is 36.2. The standard InChI is InChI=1S/C19H33N3O2/c1-13(2)21-17(23)14-6-5-8-16(10-14)22-18(24)19-9-4-3-7-15(19)11-20-12-19/h13-16,20H,3-12H2,1-2H3,(H,21,23)(H,22,24)/t14?,15-,16?,19+/m0/s1. The van der Waals surface area contributed by atoms with Crippen molar-refractivity contribution in [3.05, 3.63) is 0 Å². The van der Waals surface area contributed by atoms with Crippen molar-refractivity contribution in [1.29, 1.82) is 0 Å². The lowest BCUT2D eigenvalue weighted by molar-refractivity contribution is -0.136. The van der Waals surface area contributed by atoms with Crippen LogP contribution in [0.5, 0.6) is 0 Å². The molecule has 4 atom stereocenters. The van der Waals surface area contributed by atoms with Gasteiger partial charge in [0.25, 0.3) is 0 Å². The summed E-state index contributed by atoms with van der Waals surface area (Å²) in [5.74, 6) is 0.940. The van der Waals surface area contributed by atoms with Crippen molar-refractivity contribution < 1.29 is 9.59 Å². The Hall–Kier alpha value is -1.10. The number of hydrogen-bond acceptors (Lipinski definition) is 3. The highest BCUT2D eigenvalue weighted by molar-refractivity contribution is 5.84. The number of carbonyl (C=O) groups excluding carboxylic acids is 2. The van der Waals surface area contributed by atoms with E-state index in [0.29, 0.717) is 5.92 Å². The number of rotatable bonds is 4. The van der Waals surface area contributed by atoms with Gasteiger partial charge in [-0.1, -0.05) is 19.3 Å². The van der Waals surface area contributed by atoms with Crippen molar-refractivity contribution in [2.45, 2.75) is 77.3 Å². The summed E-state index contributed by atoms with van der Waals surface area (Å²) < 4.78 is 0. The van der Waals surface area contributed by atoms with E-state index in [0.717, 1.165) is 51.6 Å². The number of carbonyl (C=O) groups is 2. The second kappa shape index (κ2) is 7.42. The van der Waals surface area contributed by atoms with E-state index in [9.17, 15) is 9.59 Å². The van der Waals surface area contributed by atoms with E-state index in [2.05, 4.69) is 16.0 Å². The third-order valence-corrected chi connectivity index (χ3v) is 6.30. The molecule has 0 radical (unpaired) electrons. The number of hydrogen-bond donors (Lipinski definition) is 3. The van der Waals surface area contributed by atoms with Crippen LogP contribution in [0.4, 0.5) is 0 Å². The fourth-order valence-electron chi connectivity index (χ4n) is 4.98. The summed E-state index contributed by atoms with van der Waals surface area (Å²) in [6.45, 7) is 5.80. The lowest BCUT2D eigenvalue weighted by Crippen LogP contribution is -2.52. The average molecular weight is 335 g/mol. The summed E-state index contributed by atoms with van der Waals surface area (Å²) in [6, 6.07) is 0.339. The first-order valence-electron chi connectivity index (χ1n) is 9.83. The summed E-state index contributed by atoms with van der Waals surface area (Å²) in [6.07, 6.45) is 8.36. The maximum Gasteiger partial charge on any atom is 0.228 e. The molecule has 3 aliphatic rings. The minimum Gasteiger partial charge on any atom is -0.354 e. The average Bonchev–Trinajstić information content (AvgIpc) is 2.99. The lowest BCUT2D eigenvalue weighted by atomic mass is 9.67. The van der Waals surface area contributed by atoms with Crippen molar-refractivity contribution in [3.8, 4) is 0 Å². The zero-order valence-corrected chi connectivity index (χ0v) is 15.2. The van der Waals surface area contributed by atoms with Crippen LogP contribution in [-0.2, 0) is 9.59 Å². The molecule has 3 fully saturated rings. The number of amides is 2. The summed E-state index contributed by atoms with van der Waals surface area (Å²) in [7, 11) is 0. The molecule has 1 heterocycles. The van der Waals surface area contributed by atoms with Crippen LogP contribution in [0.3, 0.4) is 0 Å². The maximum absolute atomic E-state index is 13.1. The van der Waals surface area contributed by atoms with Gasteiger partial charge in [-0.25, -0.2) is 0 Å². The van der Waals surface area contributed by atoms with E-state index in [4.69, 9.17) is 0 Å². The van der Waals surface area contributed by atoms with Crippen LogP contribution in [0, 0.1) is 17.3 Å². The summed E-state index contributed by atoms with van der Waals surface area (Å²) in [5, 5.41) is 9.80. The molecule has 2 saturated carbocycles. The van der Waals surface area contributed by atoms with E-state index in [1.165, 1.54) is 12.8 Å². The van der Waals surface area contributed by atoms with Crippen LogP contribution in [0.1, 0.15) is 65.2 Å². The third kappa shape index (κ3) is 3.61. The van der Waals surface area contributed by atoms with Gasteiger partial charge in [0.15, 0.2) is 0 Å². The molecular weight excluding hydrogens is 302 g/mol. The van der Waals surface area contributed by atoms with Crippen molar-refractivity contribution in [1.82, 2.24) is 16.0 Å². The Morgan fingerprint density at radius 1 is 1.12 bits per heavy atom. The van der Waals surface area contributed by atoms with Crippen LogP contribution in [-0.4, -0.2) is 37.0 Å². The Labute approximate surface area is 145 Å². The first-order chi connectivity index (χ1) is 11.5. The molecule has 1 aliphatic heterocycles. The van der Waals surface area contributed by atoms with Crippen molar-refractivity contribution in [2.24, 2.45) is 17.3 Å². The summed E-state index contributed by atoms with van der Waals surface area (Å²) in [5.41, 5.74) is -0.189. The molecule has 0 aromatic heterocycles. The molecule has 5 nitrogen and oxygen atoms in total. The van der Waals surface area contributed by atoms with Crippen LogP contribution < -0.4 is 16.0 Å². The Kier molecular flexibility index (Phi) is 5.48. The minimum absolute atomic E-state index is 0.0489. The molecule has 0 aromatic rings. The molecule has 24 heavy (non-hydrogen) atoms. The second-order valence-corrected chi connectivity index (χ2v) is 8.43. The largest absolute Gasteiger partial charge is 0.354 e. The van der Waals surface area contributed by atoms with Crippen molar-refractivity contribution >= 4 is 11.8 Å². The second-order valence-electron chi connectivity index (χ2n) is 8.43. The molecule has 1 saturated heterocycles. The van der Waals surface area contributed by atoms with E-state index < -0.39 is 0 Å². The van der Waals surface area contributed by atoms with Gasteiger partial charge >= 0.3 is 0 Å². The Morgan fingerprint density at radius 3 is 2.75 bits per heavy atom. The SMILES string of the molecule is CC(C)NC(=O)C1CCCC(NC(=O)[C@@]23CCCC[C@H]2CNC3)C1. The molecule has 0 aromatic carbocycles. The molecule has 5 heteroatoms. The van der Waals surface area contributed by atoms with Gasteiger partial charge in [-0.3, -0.25) is 9.59 Å². The van der Waals surface area contributed by atoms with Gasteiger partial charge in [-0.2, -0.15) is 0 Å². The van der Waals surface area contributed by atoms with Gasteiger partial charge in [0.1, 0.15) is 0 Å². The first kappa shape index (κ1) is 17.7. The maximum atomic E-state index is 13.1. The molecule has 136 valence electrons. The topological polar surface area (TPSA) is 70.2 Å². The first-order valence-corrected chi connectivity index (χ1v) is 9.83. The quantitative estimate of drug-likeness (QED) is 0.735. The molecule has 0 spiro atoms. The van der Waals surface area contributed by atoms with Gasteiger partial charge < -0.3 is 16.0 Å². The highest BCUT2D eigenvalue weighted by atomic mass is 16.2. The molecule has 2 unspecified atom stereocenters. The summed E-state index contributed by atoms with van der Waals surface area (Å²) in [4.78, 5) is 25.4. The van der Waals surface area contributed by atoms with Gasteiger partial charge in [0.2, 0.25) is 11.8 Å². The zero-order chi connectivity index (χ0) is 17.2. The molecule has 0 bridgehead atoms. The zero-order valence-electron chi connectivity index (χ0n) is 15.2. The number of nitrogens with one attached hydrogen (secondary N) is 3. The van der Waals surface area contributed by atoms with E-state index in [1.54, 1.807) is 0 Å². The van der Waals surface area contributed by atoms with E-state index >= 15 is 0 Å². The molecular formula is C19H33N3O2. The predicted octanol–water partition coefficient (Wildman–Crippen LogP) is 1.97. The fourth-order valence-corrected chi connectivity index (χ4v) is 4.98. The highest BCUT2D eigenvalue weighted by Gasteiger charge is 2.50.